The van der Waals surface area contributed by atoms with Crippen molar-refractivity contribution in [1.29, 1.82) is 0 Å². The summed E-state index contributed by atoms with van der Waals surface area (Å²) in [6.07, 6.45) is 8.21. The fourth-order valence-corrected chi connectivity index (χ4v) is 5.26. The average molecular weight is 555 g/mol. The monoisotopic (exact) mass is 554 g/mol. The van der Waals surface area contributed by atoms with Crippen molar-refractivity contribution < 1.29 is 24.2 Å². The Morgan fingerprint density at radius 1 is 1.07 bits per heavy atom. The molecule has 1 aliphatic rings. The van der Waals surface area contributed by atoms with E-state index in [-0.39, 0.29) is 23.6 Å². The number of hydrogen-bond acceptors (Lipinski definition) is 7. The zero-order valence-corrected chi connectivity index (χ0v) is 23.8. The van der Waals surface area contributed by atoms with Crippen LogP contribution in [0.3, 0.4) is 0 Å². The molecule has 0 radical (unpaired) electrons. The van der Waals surface area contributed by atoms with E-state index in [2.05, 4.69) is 16.9 Å². The summed E-state index contributed by atoms with van der Waals surface area (Å²) in [5.41, 5.74) is 3.83. The number of carbonyl (C=O) groups is 2. The van der Waals surface area contributed by atoms with Crippen LogP contribution >= 0.6 is 0 Å². The molecule has 9 nitrogen and oxygen atoms in total. The van der Waals surface area contributed by atoms with Crippen molar-refractivity contribution in [1.82, 2.24) is 19.3 Å². The van der Waals surface area contributed by atoms with Gasteiger partial charge in [-0.15, -0.1) is 0 Å². The van der Waals surface area contributed by atoms with E-state index in [0.717, 1.165) is 30.4 Å². The van der Waals surface area contributed by atoms with Crippen LogP contribution in [0.1, 0.15) is 60.3 Å². The van der Waals surface area contributed by atoms with E-state index >= 15 is 0 Å². The van der Waals surface area contributed by atoms with E-state index in [4.69, 9.17) is 9.47 Å². The third kappa shape index (κ3) is 5.27. The van der Waals surface area contributed by atoms with Gasteiger partial charge >= 0.3 is 0 Å². The Morgan fingerprint density at radius 3 is 2.61 bits per heavy atom. The molecule has 0 aliphatic carbocycles. The maximum atomic E-state index is 13.6. The summed E-state index contributed by atoms with van der Waals surface area (Å²) in [4.78, 5) is 37.4. The van der Waals surface area contributed by atoms with Crippen LogP contribution in [0.4, 0.5) is 0 Å². The molecule has 5 rings (SSSR count). The Kier molecular flexibility index (Phi) is 8.05. The van der Waals surface area contributed by atoms with Gasteiger partial charge in [-0.25, -0.2) is 4.98 Å². The molecular weight excluding hydrogens is 520 g/mol. The Labute approximate surface area is 239 Å². The van der Waals surface area contributed by atoms with Gasteiger partial charge in [0, 0.05) is 25.1 Å². The molecule has 9 heteroatoms. The van der Waals surface area contributed by atoms with Crippen molar-refractivity contribution in [2.24, 2.45) is 0 Å². The number of likely N-dealkylation sites (tertiary alicyclic amines) is 1. The largest absolute Gasteiger partial charge is 0.505 e. The lowest BCUT2D eigenvalue weighted by Gasteiger charge is -2.26. The standard InChI is InChI=1S/C32H34N4O5/c1-5-6-7-16-41-24-13-12-23(17-25(24)40-4)28-26(30(38)32(39)36(28)19-22-11-8-14-33-18-22)29(37)27-21(3)35-15-9-10-20(2)31(35)34-27/h8-15,17-18,28,37H,5-7,16,19H2,1-4H3/b29-26+. The number of unbranched alkanes of at least 4 members (excludes halogenated alkanes) is 2. The summed E-state index contributed by atoms with van der Waals surface area (Å²) in [6.45, 7) is 6.56. The maximum absolute atomic E-state index is 13.6. The molecule has 3 aromatic heterocycles. The summed E-state index contributed by atoms with van der Waals surface area (Å²) in [6, 6.07) is 11.9. The number of imidazole rings is 1. The van der Waals surface area contributed by atoms with E-state index in [1.165, 1.54) is 4.90 Å². The van der Waals surface area contributed by atoms with Crippen LogP contribution in [-0.2, 0) is 16.1 Å². The van der Waals surface area contributed by atoms with E-state index < -0.39 is 17.7 Å². The number of rotatable bonds is 10. The van der Waals surface area contributed by atoms with E-state index in [9.17, 15) is 14.7 Å². The summed E-state index contributed by atoms with van der Waals surface area (Å²) < 4.78 is 13.5. The third-order valence-corrected chi connectivity index (χ3v) is 7.43. The molecule has 1 amide bonds. The second-order valence-electron chi connectivity index (χ2n) is 10.2. The van der Waals surface area contributed by atoms with Gasteiger partial charge in [0.15, 0.2) is 17.3 Å². The van der Waals surface area contributed by atoms with Crippen LogP contribution in [-0.4, -0.2) is 49.8 Å². The van der Waals surface area contributed by atoms with Gasteiger partial charge in [-0.2, -0.15) is 0 Å². The van der Waals surface area contributed by atoms with Crippen molar-refractivity contribution in [3.63, 3.8) is 0 Å². The predicted molar refractivity (Wildman–Crippen MR) is 155 cm³/mol. The molecule has 0 saturated carbocycles. The van der Waals surface area contributed by atoms with Gasteiger partial charge in [-0.05, 0) is 61.2 Å². The van der Waals surface area contributed by atoms with Gasteiger partial charge in [-0.1, -0.05) is 38.0 Å². The number of aliphatic hydroxyl groups excluding tert-OH is 1. The van der Waals surface area contributed by atoms with Crippen molar-refractivity contribution in [2.45, 2.75) is 52.6 Å². The summed E-state index contributed by atoms with van der Waals surface area (Å²) in [5.74, 6) is -0.754. The molecule has 1 atom stereocenters. The highest BCUT2D eigenvalue weighted by molar-refractivity contribution is 6.46. The molecule has 212 valence electrons. The summed E-state index contributed by atoms with van der Waals surface area (Å²) in [5, 5.41) is 11.7. The highest BCUT2D eigenvalue weighted by atomic mass is 16.5. The van der Waals surface area contributed by atoms with Gasteiger partial charge in [0.2, 0.25) is 0 Å². The molecule has 0 bridgehead atoms. The number of aromatic nitrogens is 3. The van der Waals surface area contributed by atoms with Crippen molar-refractivity contribution in [3.8, 4) is 11.5 Å². The molecule has 1 aliphatic heterocycles. The van der Waals surface area contributed by atoms with Gasteiger partial charge < -0.3 is 23.9 Å². The third-order valence-electron chi connectivity index (χ3n) is 7.43. The van der Waals surface area contributed by atoms with Gasteiger partial charge in [0.05, 0.1) is 31.0 Å². The van der Waals surface area contributed by atoms with Crippen LogP contribution in [0, 0.1) is 13.8 Å². The van der Waals surface area contributed by atoms with Crippen LogP contribution in [0.15, 0.2) is 66.6 Å². The lowest BCUT2D eigenvalue weighted by Crippen LogP contribution is -2.29. The Balaban J connectivity index is 1.64. The number of ether oxygens (including phenoxy) is 2. The van der Waals surface area contributed by atoms with Crippen LogP contribution in [0.5, 0.6) is 11.5 Å². The number of nitrogens with zero attached hydrogens (tertiary/aromatic N) is 4. The Hall–Kier alpha value is -4.66. The Morgan fingerprint density at radius 2 is 1.90 bits per heavy atom. The van der Waals surface area contributed by atoms with Crippen LogP contribution < -0.4 is 9.47 Å². The SMILES string of the molecule is CCCCCOc1ccc(C2/C(=C(\O)c3nc4c(C)cccn4c3C)C(=O)C(=O)N2Cc2cccnc2)cc1OC. The number of fused-ring (bicyclic) bond motifs is 1. The number of pyridine rings is 2. The molecular formula is C32H34N4O5. The zero-order chi connectivity index (χ0) is 29.1. The average Bonchev–Trinajstić information content (AvgIpc) is 3.45. The first-order valence-electron chi connectivity index (χ1n) is 13.8. The molecule has 4 aromatic rings. The molecule has 4 heterocycles. The first-order valence-corrected chi connectivity index (χ1v) is 13.8. The number of ketones is 1. The number of benzene rings is 1. The fraction of sp³-hybridized carbons (Fsp3) is 0.312. The lowest BCUT2D eigenvalue weighted by atomic mass is 9.95. The number of carbonyl (C=O) groups excluding carboxylic acids is 2. The minimum absolute atomic E-state index is 0.0262. The van der Waals surface area contributed by atoms with Crippen molar-refractivity contribution in [3.05, 3.63) is 94.7 Å². The van der Waals surface area contributed by atoms with Gasteiger partial charge in [0.25, 0.3) is 11.7 Å². The molecule has 1 N–H and O–H groups in total. The number of methoxy groups -OCH3 is 1. The number of amides is 1. The topological polar surface area (TPSA) is 106 Å². The van der Waals surface area contributed by atoms with Gasteiger partial charge in [0.1, 0.15) is 11.3 Å². The summed E-state index contributed by atoms with van der Waals surface area (Å²) >= 11 is 0. The minimum Gasteiger partial charge on any atom is -0.505 e. The maximum Gasteiger partial charge on any atom is 0.295 e. The smallest absolute Gasteiger partial charge is 0.295 e. The summed E-state index contributed by atoms with van der Waals surface area (Å²) in [7, 11) is 1.55. The number of aryl methyl sites for hydroxylation is 2. The zero-order valence-electron chi connectivity index (χ0n) is 23.8. The predicted octanol–water partition coefficient (Wildman–Crippen LogP) is 5.55. The molecule has 41 heavy (non-hydrogen) atoms. The van der Waals surface area contributed by atoms with Crippen molar-refractivity contribution in [2.75, 3.05) is 13.7 Å². The molecule has 1 unspecified atom stereocenters. The number of aliphatic hydroxyl groups is 1. The fourth-order valence-electron chi connectivity index (χ4n) is 5.26. The Bertz CT molecular complexity index is 1630. The molecule has 1 saturated heterocycles. The first kappa shape index (κ1) is 27.9. The normalized spacial score (nSPS) is 16.5. The highest BCUT2D eigenvalue weighted by Gasteiger charge is 2.47. The number of hydrogen-bond donors (Lipinski definition) is 1. The van der Waals surface area contributed by atoms with E-state index in [1.54, 1.807) is 43.8 Å². The van der Waals surface area contributed by atoms with E-state index in [0.29, 0.717) is 35.0 Å². The molecule has 0 spiro atoms. The second kappa shape index (κ2) is 11.8. The van der Waals surface area contributed by atoms with Crippen LogP contribution in [0.2, 0.25) is 0 Å². The number of Topliss-reactive ketones (excluding diaryl/α,β-unsaturated/α-hetero) is 1. The van der Waals surface area contributed by atoms with Crippen molar-refractivity contribution >= 4 is 23.1 Å². The molecule has 1 aromatic carbocycles. The molecule has 1 fully saturated rings. The first-order chi connectivity index (χ1) is 19.8. The highest BCUT2D eigenvalue weighted by Crippen LogP contribution is 2.43. The van der Waals surface area contributed by atoms with Crippen LogP contribution in [0.25, 0.3) is 11.4 Å². The van der Waals surface area contributed by atoms with E-state index in [1.807, 2.05) is 42.6 Å². The second-order valence-corrected chi connectivity index (χ2v) is 10.2. The quantitative estimate of drug-likeness (QED) is 0.119. The lowest BCUT2D eigenvalue weighted by molar-refractivity contribution is -0.140. The minimum atomic E-state index is -0.886. The van der Waals surface area contributed by atoms with Gasteiger partial charge in [-0.3, -0.25) is 14.6 Å².